The fraction of sp³-hybridized carbons (Fsp3) is 0.0909. The molecular weight excluding hydrogens is 457 g/mol. The van der Waals surface area contributed by atoms with Gasteiger partial charge in [0.1, 0.15) is 11.4 Å². The normalized spacial score (nSPS) is 12.2. The van der Waals surface area contributed by atoms with E-state index in [1.165, 1.54) is 0 Å². The van der Waals surface area contributed by atoms with Crippen LogP contribution in [0.1, 0.15) is 16.1 Å². The molecule has 1 aliphatic heterocycles. The maximum Gasteiger partial charge on any atom is 0.270 e. The number of hydrogen-bond donors (Lipinski definition) is 1. The summed E-state index contributed by atoms with van der Waals surface area (Å²) < 4.78 is 12.3. The van der Waals surface area contributed by atoms with Gasteiger partial charge in [0.25, 0.3) is 5.91 Å². The molecule has 0 fully saturated rings. The maximum atomic E-state index is 13.1. The molecule has 0 atom stereocenters. The summed E-state index contributed by atoms with van der Waals surface area (Å²) in [6.07, 6.45) is 0. The van der Waals surface area contributed by atoms with Gasteiger partial charge >= 0.3 is 0 Å². The minimum Gasteiger partial charge on any atom is -0.454 e. The van der Waals surface area contributed by atoms with Crippen LogP contribution in [0.4, 0.5) is 0 Å². The van der Waals surface area contributed by atoms with Gasteiger partial charge in [-0.05, 0) is 53.4 Å². The molecule has 5 rings (SSSR count). The van der Waals surface area contributed by atoms with Crippen molar-refractivity contribution in [3.8, 4) is 27.8 Å². The molecule has 0 radical (unpaired) electrons. The van der Waals surface area contributed by atoms with Crippen molar-refractivity contribution in [3.63, 3.8) is 0 Å². The average molecular weight is 472 g/mol. The Labute approximate surface area is 191 Å². The van der Waals surface area contributed by atoms with Gasteiger partial charge in [-0.1, -0.05) is 35.3 Å². The lowest BCUT2D eigenvalue weighted by molar-refractivity contribution is 0.0943. The number of ether oxygens (including phenoxy) is 2. The molecule has 156 valence electrons. The first kappa shape index (κ1) is 19.9. The minimum absolute atomic E-state index is 0.208. The number of halogens is 2. The first-order chi connectivity index (χ1) is 15.1. The van der Waals surface area contributed by atoms with Gasteiger partial charge in [0.15, 0.2) is 11.5 Å². The van der Waals surface area contributed by atoms with Crippen LogP contribution in [0.5, 0.6) is 11.5 Å². The fourth-order valence-electron chi connectivity index (χ4n) is 3.22. The van der Waals surface area contributed by atoms with Crippen molar-refractivity contribution >= 4 is 40.4 Å². The highest BCUT2D eigenvalue weighted by Crippen LogP contribution is 2.32. The highest BCUT2D eigenvalue weighted by molar-refractivity contribution is 7.13. The van der Waals surface area contributed by atoms with Gasteiger partial charge in [0.2, 0.25) is 6.79 Å². The van der Waals surface area contributed by atoms with Gasteiger partial charge in [0, 0.05) is 6.54 Å². The SMILES string of the molecule is O=C(NCc1ccc2c(c1)OCO2)c1cc(-c2cccs2)nn1-c1ccc(Cl)c(Cl)c1. The number of nitrogens with zero attached hydrogens (tertiary/aromatic N) is 2. The van der Waals surface area contributed by atoms with Gasteiger partial charge in [-0.2, -0.15) is 5.10 Å². The summed E-state index contributed by atoms with van der Waals surface area (Å²) in [4.78, 5) is 14.1. The third-order valence-electron chi connectivity index (χ3n) is 4.75. The van der Waals surface area contributed by atoms with E-state index in [0.717, 1.165) is 10.4 Å². The Hall–Kier alpha value is -3.00. The summed E-state index contributed by atoms with van der Waals surface area (Å²) in [6, 6.07) is 16.4. The molecule has 1 aliphatic rings. The molecule has 9 heteroatoms. The fourth-order valence-corrected chi connectivity index (χ4v) is 4.20. The molecule has 1 amide bonds. The molecule has 0 aliphatic carbocycles. The number of rotatable bonds is 5. The van der Waals surface area contributed by atoms with Crippen LogP contribution < -0.4 is 14.8 Å². The van der Waals surface area contributed by atoms with Gasteiger partial charge in [-0.25, -0.2) is 4.68 Å². The van der Waals surface area contributed by atoms with E-state index in [2.05, 4.69) is 10.4 Å². The van der Waals surface area contributed by atoms with Crippen LogP contribution in [0.3, 0.4) is 0 Å². The number of carbonyl (C=O) groups excluding carboxylic acids is 1. The largest absolute Gasteiger partial charge is 0.454 e. The van der Waals surface area contributed by atoms with Crippen molar-refractivity contribution in [1.82, 2.24) is 15.1 Å². The number of thiophene rings is 1. The van der Waals surface area contributed by atoms with Crippen molar-refractivity contribution in [2.75, 3.05) is 6.79 Å². The molecule has 0 spiro atoms. The van der Waals surface area contributed by atoms with Crippen LogP contribution in [0.15, 0.2) is 60.0 Å². The van der Waals surface area contributed by atoms with E-state index in [1.54, 1.807) is 40.3 Å². The maximum absolute atomic E-state index is 13.1. The second-order valence-corrected chi connectivity index (χ2v) is 8.53. The molecule has 31 heavy (non-hydrogen) atoms. The topological polar surface area (TPSA) is 65.4 Å². The number of fused-ring (bicyclic) bond motifs is 1. The summed E-state index contributed by atoms with van der Waals surface area (Å²) in [7, 11) is 0. The molecule has 1 N–H and O–H groups in total. The molecule has 3 heterocycles. The quantitative estimate of drug-likeness (QED) is 0.413. The van der Waals surface area contributed by atoms with Crippen molar-refractivity contribution in [1.29, 1.82) is 0 Å². The summed E-state index contributed by atoms with van der Waals surface area (Å²) in [5, 5.41) is 10.4. The van der Waals surface area contributed by atoms with Crippen molar-refractivity contribution in [2.45, 2.75) is 6.54 Å². The Bertz CT molecular complexity index is 1270. The Balaban J connectivity index is 1.45. The number of carbonyl (C=O) groups is 1. The summed E-state index contributed by atoms with van der Waals surface area (Å²) >= 11 is 13.8. The molecule has 4 aromatic rings. The molecule has 2 aromatic heterocycles. The van der Waals surface area contributed by atoms with E-state index in [4.69, 9.17) is 32.7 Å². The second kappa shape index (κ2) is 8.26. The van der Waals surface area contributed by atoms with Crippen molar-refractivity contribution < 1.29 is 14.3 Å². The number of aromatic nitrogens is 2. The first-order valence-electron chi connectivity index (χ1n) is 9.34. The summed E-state index contributed by atoms with van der Waals surface area (Å²) in [5.74, 6) is 1.11. The predicted molar refractivity (Wildman–Crippen MR) is 121 cm³/mol. The summed E-state index contributed by atoms with van der Waals surface area (Å²) in [6.45, 7) is 0.538. The van der Waals surface area contributed by atoms with E-state index in [0.29, 0.717) is 45.2 Å². The zero-order chi connectivity index (χ0) is 21.4. The Morgan fingerprint density at radius 3 is 2.74 bits per heavy atom. The number of amides is 1. The van der Waals surface area contributed by atoms with Gasteiger partial charge in [0.05, 0.1) is 20.6 Å². The van der Waals surface area contributed by atoms with E-state index in [9.17, 15) is 4.79 Å². The third-order valence-corrected chi connectivity index (χ3v) is 6.38. The van der Waals surface area contributed by atoms with Gasteiger partial charge < -0.3 is 14.8 Å². The van der Waals surface area contributed by atoms with Crippen LogP contribution in [0.25, 0.3) is 16.3 Å². The lowest BCUT2D eigenvalue weighted by atomic mass is 10.2. The van der Waals surface area contributed by atoms with Crippen LogP contribution in [-0.4, -0.2) is 22.5 Å². The monoisotopic (exact) mass is 471 g/mol. The highest BCUT2D eigenvalue weighted by Gasteiger charge is 2.19. The zero-order valence-electron chi connectivity index (χ0n) is 16.0. The Morgan fingerprint density at radius 1 is 1.06 bits per heavy atom. The van der Waals surface area contributed by atoms with E-state index in [-0.39, 0.29) is 12.7 Å². The Kier molecular flexibility index (Phi) is 5.31. The van der Waals surface area contributed by atoms with E-state index in [1.807, 2.05) is 35.7 Å². The molecule has 0 saturated heterocycles. The van der Waals surface area contributed by atoms with Gasteiger partial charge in [-0.3, -0.25) is 4.79 Å². The average Bonchev–Trinajstić information content (AvgIpc) is 3.53. The Morgan fingerprint density at radius 2 is 1.94 bits per heavy atom. The van der Waals surface area contributed by atoms with E-state index >= 15 is 0 Å². The standard InChI is InChI=1S/C22H15Cl2N3O3S/c23-15-5-4-14(9-16(15)24)27-18(10-17(26-27)21-2-1-7-31-21)22(28)25-11-13-3-6-19-20(8-13)30-12-29-19/h1-10H,11-12H2,(H,25,28). The highest BCUT2D eigenvalue weighted by atomic mass is 35.5. The van der Waals surface area contributed by atoms with Gasteiger partial charge in [-0.15, -0.1) is 11.3 Å². The lowest BCUT2D eigenvalue weighted by Gasteiger charge is -2.09. The van der Waals surface area contributed by atoms with Crippen LogP contribution in [0, 0.1) is 0 Å². The van der Waals surface area contributed by atoms with Crippen LogP contribution in [-0.2, 0) is 6.54 Å². The molecular formula is C22H15Cl2N3O3S. The predicted octanol–water partition coefficient (Wildman–Crippen LogP) is 5.57. The number of hydrogen-bond acceptors (Lipinski definition) is 5. The zero-order valence-corrected chi connectivity index (χ0v) is 18.3. The van der Waals surface area contributed by atoms with E-state index < -0.39 is 0 Å². The first-order valence-corrected chi connectivity index (χ1v) is 11.0. The minimum atomic E-state index is -0.265. The molecule has 0 bridgehead atoms. The van der Waals surface area contributed by atoms with Crippen LogP contribution in [0.2, 0.25) is 10.0 Å². The lowest BCUT2D eigenvalue weighted by Crippen LogP contribution is -2.25. The molecule has 0 unspecified atom stereocenters. The molecule has 6 nitrogen and oxygen atoms in total. The van der Waals surface area contributed by atoms with Crippen LogP contribution >= 0.6 is 34.5 Å². The smallest absolute Gasteiger partial charge is 0.270 e. The molecule has 2 aromatic carbocycles. The summed E-state index contributed by atoms with van der Waals surface area (Å²) in [5.41, 5.74) is 2.64. The van der Waals surface area contributed by atoms with Crippen molar-refractivity contribution in [3.05, 3.63) is 81.3 Å². The van der Waals surface area contributed by atoms with Crippen molar-refractivity contribution in [2.24, 2.45) is 0 Å². The third kappa shape index (κ3) is 3.99. The molecule has 0 saturated carbocycles. The second-order valence-electron chi connectivity index (χ2n) is 6.77. The number of nitrogens with one attached hydrogen (secondary N) is 1. The number of benzene rings is 2.